The zero-order valence-electron chi connectivity index (χ0n) is 13.2. The summed E-state index contributed by atoms with van der Waals surface area (Å²) in [7, 11) is 0. The first kappa shape index (κ1) is 17.0. The number of carbonyl (C=O) groups excluding carboxylic acids is 1. The van der Waals surface area contributed by atoms with Gasteiger partial charge in [0.25, 0.3) is 0 Å². The summed E-state index contributed by atoms with van der Waals surface area (Å²) in [4.78, 5) is 12.0. The van der Waals surface area contributed by atoms with Crippen LogP contribution in [0.15, 0.2) is 48.5 Å². The number of hydrogen-bond donors (Lipinski definition) is 1. The van der Waals surface area contributed by atoms with Crippen molar-refractivity contribution in [2.45, 2.75) is 18.1 Å². The highest BCUT2D eigenvalue weighted by Crippen LogP contribution is 2.35. The number of hydrogen-bond acceptors (Lipinski definition) is 2. The lowest BCUT2D eigenvalue weighted by atomic mass is 10.0. The minimum atomic E-state index is -0.302. The van der Waals surface area contributed by atoms with E-state index in [1.165, 1.54) is 48.9 Å². The standard InChI is InChI=1S/C19H19F2NOS/c20-16-7-3-14(4-8-16)19(15-5-9-17(21)10-6-15)24-12-18(23)22-11-13-1-2-13/h3-10,13,19H,1-2,11-12H2,(H,22,23). The zero-order chi connectivity index (χ0) is 16.9. The molecule has 1 saturated carbocycles. The molecule has 0 heterocycles. The van der Waals surface area contributed by atoms with Gasteiger partial charge in [0.1, 0.15) is 11.6 Å². The third kappa shape index (κ3) is 4.81. The predicted molar refractivity (Wildman–Crippen MR) is 92.8 cm³/mol. The number of thioether (sulfide) groups is 1. The van der Waals surface area contributed by atoms with Gasteiger partial charge < -0.3 is 5.32 Å². The Balaban J connectivity index is 1.70. The van der Waals surface area contributed by atoms with Crippen LogP contribution in [-0.2, 0) is 4.79 Å². The molecule has 126 valence electrons. The van der Waals surface area contributed by atoms with Crippen LogP contribution in [0.1, 0.15) is 29.2 Å². The summed E-state index contributed by atoms with van der Waals surface area (Å²) in [6.07, 6.45) is 2.39. The van der Waals surface area contributed by atoms with Crippen LogP contribution < -0.4 is 5.32 Å². The number of nitrogens with one attached hydrogen (secondary N) is 1. The third-order valence-corrected chi connectivity index (χ3v) is 5.32. The van der Waals surface area contributed by atoms with E-state index in [4.69, 9.17) is 0 Å². The van der Waals surface area contributed by atoms with Gasteiger partial charge in [0.15, 0.2) is 0 Å². The monoisotopic (exact) mass is 347 g/mol. The van der Waals surface area contributed by atoms with Gasteiger partial charge in [-0.05, 0) is 54.2 Å². The topological polar surface area (TPSA) is 29.1 Å². The Morgan fingerprint density at radius 1 is 1.00 bits per heavy atom. The van der Waals surface area contributed by atoms with E-state index in [2.05, 4.69) is 5.32 Å². The van der Waals surface area contributed by atoms with Gasteiger partial charge in [-0.2, -0.15) is 0 Å². The molecule has 2 aromatic rings. The SMILES string of the molecule is O=C(CSC(c1ccc(F)cc1)c1ccc(F)cc1)NCC1CC1. The fourth-order valence-corrected chi connectivity index (χ4v) is 3.57. The van der Waals surface area contributed by atoms with Crippen LogP contribution in [0.4, 0.5) is 8.78 Å². The Kier molecular flexibility index (Phi) is 5.51. The van der Waals surface area contributed by atoms with Gasteiger partial charge in [-0.1, -0.05) is 24.3 Å². The summed E-state index contributed by atoms with van der Waals surface area (Å²) in [6.45, 7) is 0.747. The van der Waals surface area contributed by atoms with Crippen LogP contribution in [0.25, 0.3) is 0 Å². The van der Waals surface area contributed by atoms with Crippen LogP contribution >= 0.6 is 11.8 Å². The molecule has 1 fully saturated rings. The predicted octanol–water partition coefficient (Wildman–Crippen LogP) is 4.31. The molecule has 24 heavy (non-hydrogen) atoms. The lowest BCUT2D eigenvalue weighted by molar-refractivity contribution is -0.118. The summed E-state index contributed by atoms with van der Waals surface area (Å²) < 4.78 is 26.4. The molecule has 1 N–H and O–H groups in total. The van der Waals surface area contributed by atoms with Crippen molar-refractivity contribution >= 4 is 17.7 Å². The third-order valence-electron chi connectivity index (χ3n) is 4.01. The first-order valence-electron chi connectivity index (χ1n) is 8.01. The van der Waals surface area contributed by atoms with Gasteiger partial charge in [-0.25, -0.2) is 8.78 Å². The average Bonchev–Trinajstić information content (AvgIpc) is 3.40. The first-order valence-corrected chi connectivity index (χ1v) is 9.06. The number of carbonyl (C=O) groups is 1. The zero-order valence-corrected chi connectivity index (χ0v) is 14.0. The van der Waals surface area contributed by atoms with Crippen LogP contribution in [0, 0.1) is 17.6 Å². The number of amides is 1. The van der Waals surface area contributed by atoms with E-state index in [1.54, 1.807) is 24.3 Å². The van der Waals surface area contributed by atoms with E-state index < -0.39 is 0 Å². The second-order valence-corrected chi connectivity index (χ2v) is 7.14. The van der Waals surface area contributed by atoms with Gasteiger partial charge in [0.05, 0.1) is 11.0 Å². The smallest absolute Gasteiger partial charge is 0.230 e. The molecule has 0 unspecified atom stereocenters. The van der Waals surface area contributed by atoms with Gasteiger partial charge in [0, 0.05) is 6.54 Å². The normalized spacial score (nSPS) is 14.0. The molecule has 0 radical (unpaired) electrons. The van der Waals surface area contributed by atoms with E-state index in [9.17, 15) is 13.6 Å². The molecular formula is C19H19F2NOS. The molecule has 0 bridgehead atoms. The van der Waals surface area contributed by atoms with E-state index in [0.717, 1.165) is 17.7 Å². The maximum Gasteiger partial charge on any atom is 0.230 e. The number of halogens is 2. The summed E-state index contributed by atoms with van der Waals surface area (Å²) in [5, 5.41) is 2.80. The molecule has 0 aliphatic heterocycles. The molecule has 1 aliphatic carbocycles. The Morgan fingerprint density at radius 3 is 1.96 bits per heavy atom. The van der Waals surface area contributed by atoms with E-state index in [-0.39, 0.29) is 22.8 Å². The highest BCUT2D eigenvalue weighted by molar-refractivity contribution is 8.00. The summed E-state index contributed by atoms with van der Waals surface area (Å²) in [5.41, 5.74) is 1.78. The largest absolute Gasteiger partial charge is 0.355 e. The Bertz CT molecular complexity index is 638. The van der Waals surface area contributed by atoms with Gasteiger partial charge in [-0.15, -0.1) is 11.8 Å². The highest BCUT2D eigenvalue weighted by atomic mass is 32.2. The number of rotatable bonds is 7. The molecule has 2 nitrogen and oxygen atoms in total. The summed E-state index contributed by atoms with van der Waals surface area (Å²) in [5.74, 6) is 0.351. The maximum atomic E-state index is 13.2. The molecule has 5 heteroatoms. The molecule has 2 aromatic carbocycles. The second kappa shape index (κ2) is 7.79. The Labute approximate surface area is 144 Å². The second-order valence-electron chi connectivity index (χ2n) is 6.04. The van der Waals surface area contributed by atoms with Crippen LogP contribution in [0.3, 0.4) is 0 Å². The molecule has 1 aliphatic rings. The van der Waals surface area contributed by atoms with Crippen molar-refractivity contribution in [3.63, 3.8) is 0 Å². The molecule has 3 rings (SSSR count). The summed E-state index contributed by atoms with van der Waals surface area (Å²) in [6, 6.07) is 12.4. The molecule has 0 aromatic heterocycles. The van der Waals surface area contributed by atoms with Crippen LogP contribution in [-0.4, -0.2) is 18.2 Å². The molecule has 1 amide bonds. The number of benzene rings is 2. The van der Waals surface area contributed by atoms with Crippen molar-refractivity contribution in [2.24, 2.45) is 5.92 Å². The molecule has 0 saturated heterocycles. The van der Waals surface area contributed by atoms with Crippen molar-refractivity contribution in [1.82, 2.24) is 5.32 Å². The highest BCUT2D eigenvalue weighted by Gasteiger charge is 2.22. The minimum Gasteiger partial charge on any atom is -0.355 e. The molecule has 0 atom stereocenters. The van der Waals surface area contributed by atoms with Crippen molar-refractivity contribution < 1.29 is 13.6 Å². The average molecular weight is 347 g/mol. The summed E-state index contributed by atoms with van der Waals surface area (Å²) >= 11 is 1.46. The minimum absolute atomic E-state index is 0.00104. The van der Waals surface area contributed by atoms with E-state index >= 15 is 0 Å². The lowest BCUT2D eigenvalue weighted by Crippen LogP contribution is -2.27. The van der Waals surface area contributed by atoms with E-state index in [0.29, 0.717) is 11.7 Å². The van der Waals surface area contributed by atoms with Crippen molar-refractivity contribution in [1.29, 1.82) is 0 Å². The van der Waals surface area contributed by atoms with Gasteiger partial charge in [0.2, 0.25) is 5.91 Å². The lowest BCUT2D eigenvalue weighted by Gasteiger charge is -2.18. The van der Waals surface area contributed by atoms with Crippen molar-refractivity contribution in [3.05, 3.63) is 71.3 Å². The van der Waals surface area contributed by atoms with Crippen LogP contribution in [0.5, 0.6) is 0 Å². The molecular weight excluding hydrogens is 328 g/mol. The van der Waals surface area contributed by atoms with Crippen LogP contribution in [0.2, 0.25) is 0 Å². The Hall–Kier alpha value is -1.88. The Morgan fingerprint density at radius 2 is 1.50 bits per heavy atom. The fourth-order valence-electron chi connectivity index (χ4n) is 2.45. The van der Waals surface area contributed by atoms with Gasteiger partial charge >= 0.3 is 0 Å². The quantitative estimate of drug-likeness (QED) is 0.808. The van der Waals surface area contributed by atoms with E-state index in [1.807, 2.05) is 0 Å². The van der Waals surface area contributed by atoms with Crippen molar-refractivity contribution in [2.75, 3.05) is 12.3 Å². The van der Waals surface area contributed by atoms with Gasteiger partial charge in [-0.3, -0.25) is 4.79 Å². The van der Waals surface area contributed by atoms with Crippen molar-refractivity contribution in [3.8, 4) is 0 Å². The fraction of sp³-hybridized carbons (Fsp3) is 0.316. The first-order chi connectivity index (χ1) is 11.6. The maximum absolute atomic E-state index is 13.2. The molecule has 0 spiro atoms.